The van der Waals surface area contributed by atoms with Crippen LogP contribution in [0.15, 0.2) is 72.8 Å². The predicted molar refractivity (Wildman–Crippen MR) is 124 cm³/mol. The third-order valence-electron chi connectivity index (χ3n) is 4.92. The average Bonchev–Trinajstić information content (AvgIpc) is 3.17. The van der Waals surface area contributed by atoms with Gasteiger partial charge in [0.25, 0.3) is 0 Å². The normalized spacial score (nSPS) is 10.6. The molecule has 1 aromatic heterocycles. The Morgan fingerprint density at radius 3 is 2.39 bits per heavy atom. The maximum atomic E-state index is 9.85. The second kappa shape index (κ2) is 9.26. The van der Waals surface area contributed by atoms with E-state index in [1.54, 1.807) is 22.9 Å². The Kier molecular flexibility index (Phi) is 6.27. The molecular formula is C25H19Cl2N3O. The predicted octanol–water partition coefficient (Wildman–Crippen LogP) is 6.86. The number of nitrogens with zero attached hydrogens (tertiary/aromatic N) is 3. The van der Waals surface area contributed by atoms with Crippen molar-refractivity contribution in [1.82, 2.24) is 9.78 Å². The Morgan fingerprint density at radius 1 is 1.00 bits per heavy atom. The van der Waals surface area contributed by atoms with E-state index in [1.165, 1.54) is 0 Å². The van der Waals surface area contributed by atoms with E-state index in [2.05, 4.69) is 11.2 Å². The third-order valence-corrected chi connectivity index (χ3v) is 5.46. The highest BCUT2D eigenvalue weighted by Crippen LogP contribution is 2.33. The van der Waals surface area contributed by atoms with Crippen LogP contribution in [-0.4, -0.2) is 9.78 Å². The number of rotatable bonds is 6. The monoisotopic (exact) mass is 447 g/mol. The van der Waals surface area contributed by atoms with Crippen LogP contribution in [0, 0.1) is 11.3 Å². The smallest absolute Gasteiger partial charge is 0.119 e. The molecule has 0 atom stereocenters. The number of halogens is 2. The van der Waals surface area contributed by atoms with Gasteiger partial charge in [-0.2, -0.15) is 10.4 Å². The summed E-state index contributed by atoms with van der Waals surface area (Å²) in [4.78, 5) is 0. The molecule has 6 heteroatoms. The Labute approximate surface area is 191 Å². The minimum atomic E-state index is 0.464. The molecule has 0 radical (unpaired) electrons. The summed E-state index contributed by atoms with van der Waals surface area (Å²) in [5, 5.41) is 15.5. The maximum absolute atomic E-state index is 9.85. The molecule has 3 aromatic carbocycles. The van der Waals surface area contributed by atoms with Gasteiger partial charge >= 0.3 is 0 Å². The van der Waals surface area contributed by atoms with Crippen molar-refractivity contribution in [2.75, 3.05) is 0 Å². The molecule has 0 saturated heterocycles. The molecule has 0 aliphatic rings. The second-order valence-corrected chi connectivity index (χ2v) is 7.79. The number of hydrogen-bond donors (Lipinski definition) is 0. The van der Waals surface area contributed by atoms with E-state index < -0.39 is 0 Å². The van der Waals surface area contributed by atoms with Gasteiger partial charge < -0.3 is 4.74 Å². The van der Waals surface area contributed by atoms with Crippen molar-refractivity contribution in [2.24, 2.45) is 0 Å². The molecule has 0 unspecified atom stereocenters. The molecule has 4 rings (SSSR count). The van der Waals surface area contributed by atoms with Gasteiger partial charge in [-0.05, 0) is 54.4 Å². The zero-order chi connectivity index (χ0) is 21.8. The first-order valence-corrected chi connectivity index (χ1v) is 10.6. The van der Waals surface area contributed by atoms with Crippen LogP contribution in [-0.2, 0) is 13.0 Å². The standard InChI is InChI=1S/C25H19Cl2N3O/c1-2-23-21(15-28)25(30(29-23)24-13-10-19(26)14-22(24)27)18-8-11-20(12-9-18)31-16-17-6-4-3-5-7-17/h3-14H,2,16H2,1H3. The lowest BCUT2D eigenvalue weighted by Gasteiger charge is -2.11. The molecular weight excluding hydrogens is 429 g/mol. The summed E-state index contributed by atoms with van der Waals surface area (Å²) in [5.74, 6) is 0.748. The number of benzene rings is 3. The van der Waals surface area contributed by atoms with Gasteiger partial charge in [0, 0.05) is 10.6 Å². The van der Waals surface area contributed by atoms with E-state index >= 15 is 0 Å². The largest absolute Gasteiger partial charge is 0.489 e. The first-order chi connectivity index (χ1) is 15.1. The fourth-order valence-corrected chi connectivity index (χ4v) is 3.86. The fourth-order valence-electron chi connectivity index (χ4n) is 3.37. The molecule has 1 heterocycles. The molecule has 4 aromatic rings. The highest BCUT2D eigenvalue weighted by Gasteiger charge is 2.21. The van der Waals surface area contributed by atoms with Crippen molar-refractivity contribution in [3.05, 3.63) is 99.7 Å². The van der Waals surface area contributed by atoms with E-state index in [-0.39, 0.29) is 0 Å². The third kappa shape index (κ3) is 4.44. The average molecular weight is 448 g/mol. The van der Waals surface area contributed by atoms with Gasteiger partial charge in [-0.25, -0.2) is 4.68 Å². The Bertz CT molecular complexity index is 1240. The lowest BCUT2D eigenvalue weighted by atomic mass is 10.0. The van der Waals surface area contributed by atoms with E-state index in [0.717, 1.165) is 16.9 Å². The van der Waals surface area contributed by atoms with Crippen molar-refractivity contribution < 1.29 is 4.74 Å². The van der Waals surface area contributed by atoms with E-state index in [1.807, 2.05) is 61.5 Å². The van der Waals surface area contributed by atoms with Crippen LogP contribution >= 0.6 is 23.2 Å². The number of nitriles is 1. The molecule has 0 N–H and O–H groups in total. The molecule has 31 heavy (non-hydrogen) atoms. The Balaban J connectivity index is 1.71. The summed E-state index contributed by atoms with van der Waals surface area (Å²) >= 11 is 12.5. The lowest BCUT2D eigenvalue weighted by molar-refractivity contribution is 0.306. The first kappa shape index (κ1) is 21.0. The van der Waals surface area contributed by atoms with Crippen molar-refractivity contribution in [3.63, 3.8) is 0 Å². The van der Waals surface area contributed by atoms with Crippen LogP contribution in [0.25, 0.3) is 16.9 Å². The molecule has 0 spiro atoms. The van der Waals surface area contributed by atoms with Gasteiger partial charge in [-0.3, -0.25) is 0 Å². The van der Waals surface area contributed by atoms with Gasteiger partial charge in [-0.1, -0.05) is 60.5 Å². The quantitative estimate of drug-likeness (QED) is 0.324. The zero-order valence-corrected chi connectivity index (χ0v) is 18.4. The topological polar surface area (TPSA) is 50.8 Å². The summed E-state index contributed by atoms with van der Waals surface area (Å²) in [6, 6.07) is 25.2. The minimum Gasteiger partial charge on any atom is -0.489 e. The Morgan fingerprint density at radius 2 is 1.74 bits per heavy atom. The summed E-state index contributed by atoms with van der Waals surface area (Å²) in [5.41, 5.74) is 4.56. The van der Waals surface area contributed by atoms with Gasteiger partial charge in [0.05, 0.1) is 22.1 Å². The van der Waals surface area contributed by atoms with Gasteiger partial charge in [0.15, 0.2) is 0 Å². The van der Waals surface area contributed by atoms with Crippen molar-refractivity contribution in [1.29, 1.82) is 5.26 Å². The lowest BCUT2D eigenvalue weighted by Crippen LogP contribution is -2.01. The van der Waals surface area contributed by atoms with E-state index in [9.17, 15) is 5.26 Å². The number of hydrogen-bond acceptors (Lipinski definition) is 3. The second-order valence-electron chi connectivity index (χ2n) is 6.94. The summed E-state index contributed by atoms with van der Waals surface area (Å²) in [6.07, 6.45) is 0.631. The number of aromatic nitrogens is 2. The van der Waals surface area contributed by atoms with Crippen LogP contribution in [0.1, 0.15) is 23.7 Å². The highest BCUT2D eigenvalue weighted by molar-refractivity contribution is 6.35. The number of aryl methyl sites for hydroxylation is 1. The SMILES string of the molecule is CCc1nn(-c2ccc(Cl)cc2Cl)c(-c2ccc(OCc3ccccc3)cc2)c1C#N. The van der Waals surface area contributed by atoms with Gasteiger partial charge in [-0.15, -0.1) is 0 Å². The molecule has 0 bridgehead atoms. The van der Waals surface area contributed by atoms with Crippen LogP contribution in [0.2, 0.25) is 10.0 Å². The van der Waals surface area contributed by atoms with Crippen molar-refractivity contribution in [3.8, 4) is 28.8 Å². The van der Waals surface area contributed by atoms with Crippen LogP contribution in [0.5, 0.6) is 5.75 Å². The van der Waals surface area contributed by atoms with Crippen molar-refractivity contribution >= 4 is 23.2 Å². The first-order valence-electron chi connectivity index (χ1n) is 9.85. The Hall–Kier alpha value is -3.26. The highest BCUT2D eigenvalue weighted by atomic mass is 35.5. The van der Waals surface area contributed by atoms with Crippen LogP contribution < -0.4 is 4.74 Å². The summed E-state index contributed by atoms with van der Waals surface area (Å²) < 4.78 is 7.61. The minimum absolute atomic E-state index is 0.464. The number of ether oxygens (including phenoxy) is 1. The molecule has 0 aliphatic carbocycles. The zero-order valence-electron chi connectivity index (χ0n) is 16.8. The van der Waals surface area contributed by atoms with Gasteiger partial charge in [0.1, 0.15) is 24.0 Å². The van der Waals surface area contributed by atoms with Gasteiger partial charge in [0.2, 0.25) is 0 Å². The summed E-state index contributed by atoms with van der Waals surface area (Å²) in [7, 11) is 0. The molecule has 0 amide bonds. The van der Waals surface area contributed by atoms with Crippen LogP contribution in [0.3, 0.4) is 0 Å². The molecule has 0 saturated carbocycles. The molecule has 0 aliphatic heterocycles. The van der Waals surface area contributed by atoms with Crippen LogP contribution in [0.4, 0.5) is 0 Å². The molecule has 0 fully saturated rings. The van der Waals surface area contributed by atoms with E-state index in [4.69, 9.17) is 27.9 Å². The van der Waals surface area contributed by atoms with E-state index in [0.29, 0.717) is 45.7 Å². The maximum Gasteiger partial charge on any atom is 0.119 e. The fraction of sp³-hybridized carbons (Fsp3) is 0.120. The van der Waals surface area contributed by atoms with Crippen molar-refractivity contribution in [2.45, 2.75) is 20.0 Å². The molecule has 154 valence electrons. The summed E-state index contributed by atoms with van der Waals surface area (Å²) in [6.45, 7) is 2.46. The molecule has 4 nitrogen and oxygen atoms in total.